The molecule has 2 rings (SSSR count). The van der Waals surface area contributed by atoms with Crippen LogP contribution in [0.1, 0.15) is 60.1 Å². The second-order valence-corrected chi connectivity index (χ2v) is 16.3. The van der Waals surface area contributed by atoms with E-state index in [-0.39, 0.29) is 34.7 Å². The van der Waals surface area contributed by atoms with Gasteiger partial charge in [-0.2, -0.15) is 0 Å². The number of carbonyl (C=O) groups is 1. The summed E-state index contributed by atoms with van der Waals surface area (Å²) in [5.74, 6) is 0.255. The molecule has 1 atom stereocenters. The van der Waals surface area contributed by atoms with Crippen LogP contribution in [0.4, 0.5) is 4.39 Å². The first-order valence-electron chi connectivity index (χ1n) is 12.1. The van der Waals surface area contributed by atoms with Crippen molar-refractivity contribution in [1.29, 1.82) is 0 Å². The molecule has 0 aliphatic carbocycles. The van der Waals surface area contributed by atoms with Crippen LogP contribution in [0.2, 0.25) is 23.2 Å². The monoisotopic (exact) mass is 524 g/mol. The molecule has 0 aliphatic heterocycles. The number of ether oxygens (including phenoxy) is 2. The fourth-order valence-electron chi connectivity index (χ4n) is 2.82. The van der Waals surface area contributed by atoms with Gasteiger partial charge in [-0.3, -0.25) is 4.79 Å². The van der Waals surface area contributed by atoms with Crippen molar-refractivity contribution in [2.45, 2.75) is 72.3 Å². The lowest BCUT2D eigenvalue weighted by Gasteiger charge is -2.38. The van der Waals surface area contributed by atoms with Gasteiger partial charge in [-0.15, -0.1) is 0 Å². The molecule has 0 radical (unpaired) electrons. The van der Waals surface area contributed by atoms with Crippen LogP contribution in [-0.4, -0.2) is 27.9 Å². The fraction of sp³-hybridized carbons (Fsp3) is 0.519. The third-order valence-corrected chi connectivity index (χ3v) is 11.1. The zero-order valence-corrected chi connectivity index (χ0v) is 24.0. The summed E-state index contributed by atoms with van der Waals surface area (Å²) in [6.45, 7) is 15.4. The van der Waals surface area contributed by atoms with Gasteiger partial charge in [0.1, 0.15) is 23.9 Å². The molecule has 194 valence electrons. The van der Waals surface area contributed by atoms with Gasteiger partial charge in [0.15, 0.2) is 8.32 Å². The Morgan fingerprint density at radius 1 is 1.11 bits per heavy atom. The van der Waals surface area contributed by atoms with Crippen molar-refractivity contribution in [1.82, 2.24) is 5.32 Å². The SMILES string of the molecule is [2H]C(CO[Si](C)(C)C(C)(C)C)(NC(=O)C(C)(C)C)c1cc(F)cc(Cl)c1COc1ccc(OC)cc1. The van der Waals surface area contributed by atoms with E-state index in [1.54, 1.807) is 52.1 Å². The molecule has 0 aromatic heterocycles. The summed E-state index contributed by atoms with van der Waals surface area (Å²) in [6.07, 6.45) is 0. The predicted molar refractivity (Wildman–Crippen MR) is 142 cm³/mol. The highest BCUT2D eigenvalue weighted by molar-refractivity contribution is 6.74. The van der Waals surface area contributed by atoms with Gasteiger partial charge in [0.2, 0.25) is 5.91 Å². The summed E-state index contributed by atoms with van der Waals surface area (Å²) in [5, 5.41) is 2.79. The molecule has 0 saturated carbocycles. The molecule has 0 fully saturated rings. The molecule has 0 saturated heterocycles. The number of nitrogens with one attached hydrogen (secondary N) is 1. The fourth-order valence-corrected chi connectivity index (χ4v) is 4.02. The lowest BCUT2D eigenvalue weighted by molar-refractivity contribution is -0.129. The highest BCUT2D eigenvalue weighted by Gasteiger charge is 2.38. The van der Waals surface area contributed by atoms with E-state index < -0.39 is 25.6 Å². The van der Waals surface area contributed by atoms with Gasteiger partial charge in [-0.1, -0.05) is 53.1 Å². The third-order valence-electron chi connectivity index (χ3n) is 6.26. The molecule has 2 aromatic carbocycles. The topological polar surface area (TPSA) is 56.8 Å². The maximum Gasteiger partial charge on any atom is 0.225 e. The van der Waals surface area contributed by atoms with E-state index in [0.717, 1.165) is 0 Å². The standard InChI is InChI=1S/C27H39ClFNO4Si/c1-26(2,3)25(31)30-24(17-34-35(8,9)27(4,5)6)21-14-18(29)15-23(28)22(21)16-33-20-12-10-19(32-7)11-13-20/h10-15,24H,16-17H2,1-9H3,(H,30,31)/i24D. The summed E-state index contributed by atoms with van der Waals surface area (Å²) >= 11 is 6.48. The Morgan fingerprint density at radius 3 is 2.20 bits per heavy atom. The quantitative estimate of drug-likeness (QED) is 0.350. The maximum absolute atomic E-state index is 14.7. The van der Waals surface area contributed by atoms with Gasteiger partial charge in [0, 0.05) is 11.0 Å². The Balaban J connectivity index is 2.52. The summed E-state index contributed by atoms with van der Waals surface area (Å²) < 4.78 is 41.5. The first kappa shape index (κ1) is 27.5. The molecule has 1 N–H and O–H groups in total. The molecule has 0 spiro atoms. The van der Waals surface area contributed by atoms with E-state index >= 15 is 0 Å². The minimum Gasteiger partial charge on any atom is -0.497 e. The number of hydrogen-bond acceptors (Lipinski definition) is 4. The average Bonchev–Trinajstić information content (AvgIpc) is 2.75. The first-order valence-corrected chi connectivity index (χ1v) is 14.9. The minimum absolute atomic E-state index is 0.0348. The zero-order chi connectivity index (χ0) is 27.5. The number of amides is 1. The molecule has 35 heavy (non-hydrogen) atoms. The van der Waals surface area contributed by atoms with Gasteiger partial charge in [-0.05, 0) is 60.1 Å². The Bertz CT molecular complexity index is 1070. The Kier molecular flexibility index (Phi) is 8.89. The highest BCUT2D eigenvalue weighted by Crippen LogP contribution is 2.38. The largest absolute Gasteiger partial charge is 0.497 e. The van der Waals surface area contributed by atoms with Crippen LogP contribution >= 0.6 is 11.6 Å². The van der Waals surface area contributed by atoms with Gasteiger partial charge >= 0.3 is 0 Å². The molecule has 0 heterocycles. The van der Waals surface area contributed by atoms with Crippen molar-refractivity contribution in [2.24, 2.45) is 5.41 Å². The van der Waals surface area contributed by atoms with Crippen molar-refractivity contribution in [3.63, 3.8) is 0 Å². The number of rotatable bonds is 9. The number of halogens is 2. The van der Waals surface area contributed by atoms with Crippen LogP contribution in [0.3, 0.4) is 0 Å². The summed E-state index contributed by atoms with van der Waals surface area (Å²) in [5.41, 5.74) is -0.186. The normalized spacial score (nSPS) is 14.7. The lowest BCUT2D eigenvalue weighted by Crippen LogP contribution is -2.45. The predicted octanol–water partition coefficient (Wildman–Crippen LogP) is 7.29. The van der Waals surface area contributed by atoms with Gasteiger partial charge in [0.05, 0.1) is 26.1 Å². The van der Waals surface area contributed by atoms with Crippen molar-refractivity contribution in [2.75, 3.05) is 13.7 Å². The molecule has 0 bridgehead atoms. The van der Waals surface area contributed by atoms with Crippen LogP contribution in [0.5, 0.6) is 11.5 Å². The Morgan fingerprint density at radius 2 is 1.69 bits per heavy atom. The van der Waals surface area contributed by atoms with E-state index in [1.807, 2.05) is 0 Å². The van der Waals surface area contributed by atoms with Crippen molar-refractivity contribution < 1.29 is 24.5 Å². The van der Waals surface area contributed by atoms with Crippen LogP contribution in [0.25, 0.3) is 0 Å². The smallest absolute Gasteiger partial charge is 0.225 e. The highest BCUT2D eigenvalue weighted by atomic mass is 35.5. The van der Waals surface area contributed by atoms with Crippen LogP contribution in [-0.2, 0) is 15.8 Å². The van der Waals surface area contributed by atoms with Crippen molar-refractivity contribution in [3.8, 4) is 11.5 Å². The van der Waals surface area contributed by atoms with Crippen LogP contribution in [0.15, 0.2) is 36.4 Å². The third kappa shape index (κ3) is 7.95. The molecule has 8 heteroatoms. The van der Waals surface area contributed by atoms with E-state index in [4.69, 9.17) is 25.5 Å². The van der Waals surface area contributed by atoms with Crippen molar-refractivity contribution >= 4 is 25.8 Å². The van der Waals surface area contributed by atoms with Crippen LogP contribution < -0.4 is 14.8 Å². The van der Waals surface area contributed by atoms with Gasteiger partial charge < -0.3 is 19.2 Å². The van der Waals surface area contributed by atoms with E-state index in [0.29, 0.717) is 17.1 Å². The van der Waals surface area contributed by atoms with Crippen LogP contribution in [0, 0.1) is 11.2 Å². The average molecular weight is 525 g/mol. The van der Waals surface area contributed by atoms with Gasteiger partial charge in [0.25, 0.3) is 0 Å². The zero-order valence-electron chi connectivity index (χ0n) is 23.3. The molecule has 0 aliphatic rings. The molecular weight excluding hydrogens is 485 g/mol. The molecule has 1 unspecified atom stereocenters. The summed E-state index contributed by atoms with van der Waals surface area (Å²) in [6, 6.07) is 7.60. The minimum atomic E-state index is -2.31. The molecule has 1 amide bonds. The number of carbonyl (C=O) groups excluding carboxylic acids is 1. The number of benzene rings is 2. The van der Waals surface area contributed by atoms with E-state index in [2.05, 4.69) is 39.2 Å². The van der Waals surface area contributed by atoms with E-state index in [9.17, 15) is 10.6 Å². The van der Waals surface area contributed by atoms with Crippen molar-refractivity contribution in [3.05, 3.63) is 58.4 Å². The van der Waals surface area contributed by atoms with Gasteiger partial charge in [-0.25, -0.2) is 4.39 Å². The lowest BCUT2D eigenvalue weighted by atomic mass is 9.93. The molecule has 5 nitrogen and oxygen atoms in total. The number of methoxy groups -OCH3 is 1. The number of hydrogen-bond donors (Lipinski definition) is 1. The Hall–Kier alpha value is -2.09. The maximum atomic E-state index is 14.7. The summed E-state index contributed by atoms with van der Waals surface area (Å²) in [4.78, 5) is 13.1. The Labute approximate surface area is 216 Å². The molecular formula is C27H39ClFNO4Si. The van der Waals surface area contributed by atoms with E-state index in [1.165, 1.54) is 12.1 Å². The first-order chi connectivity index (χ1) is 16.4. The second kappa shape index (κ2) is 11.3. The molecule has 2 aromatic rings. The second-order valence-electron chi connectivity index (χ2n) is 11.1. The summed E-state index contributed by atoms with van der Waals surface area (Å²) in [7, 11) is -0.735.